The minimum Gasteiger partial charge on any atom is -0.351 e. The number of amides is 1. The summed E-state index contributed by atoms with van der Waals surface area (Å²) in [7, 11) is 0. The largest absolute Gasteiger partial charge is 0.351 e. The van der Waals surface area contributed by atoms with Gasteiger partial charge in [0.15, 0.2) is 5.78 Å². The van der Waals surface area contributed by atoms with Gasteiger partial charge in [-0.25, -0.2) is 0 Å². The molecule has 0 aromatic carbocycles. The summed E-state index contributed by atoms with van der Waals surface area (Å²) in [6, 6.07) is 3.35. The van der Waals surface area contributed by atoms with Crippen LogP contribution >= 0.6 is 11.3 Å². The Kier molecular flexibility index (Phi) is 4.40. The van der Waals surface area contributed by atoms with Crippen LogP contribution in [0.4, 0.5) is 0 Å². The number of nitrogens with zero attached hydrogens (tertiary/aromatic N) is 3. The molecule has 6 nitrogen and oxygen atoms in total. The topological polar surface area (TPSA) is 76.9 Å². The Morgan fingerprint density at radius 2 is 2.16 bits per heavy atom. The second-order valence-electron chi connectivity index (χ2n) is 4.00. The van der Waals surface area contributed by atoms with Crippen molar-refractivity contribution >= 4 is 23.0 Å². The Morgan fingerprint density at radius 3 is 2.79 bits per heavy atom. The van der Waals surface area contributed by atoms with Crippen LogP contribution in [-0.4, -0.2) is 33.2 Å². The van der Waals surface area contributed by atoms with Crippen molar-refractivity contribution in [3.05, 3.63) is 34.3 Å². The van der Waals surface area contributed by atoms with Gasteiger partial charge in [-0.15, -0.1) is 16.4 Å². The third kappa shape index (κ3) is 3.72. The Labute approximate surface area is 114 Å². The molecule has 2 rings (SSSR count). The molecule has 2 heterocycles. The Hall–Kier alpha value is -2.02. The Balaban J connectivity index is 1.76. The molecule has 1 amide bonds. The average Bonchev–Trinajstić information content (AvgIpc) is 3.05. The number of Topliss-reactive ketones (excluding diaryl/α,β-unsaturated/α-hetero) is 1. The van der Waals surface area contributed by atoms with Gasteiger partial charge in [0.2, 0.25) is 0 Å². The van der Waals surface area contributed by atoms with Crippen molar-refractivity contribution in [3.8, 4) is 0 Å². The molecule has 100 valence electrons. The van der Waals surface area contributed by atoms with Gasteiger partial charge in [0.25, 0.3) is 5.91 Å². The van der Waals surface area contributed by atoms with Gasteiger partial charge in [0.1, 0.15) is 0 Å². The first-order valence-corrected chi connectivity index (χ1v) is 6.71. The molecule has 2 aromatic rings. The van der Waals surface area contributed by atoms with E-state index in [-0.39, 0.29) is 11.7 Å². The van der Waals surface area contributed by atoms with Crippen LogP contribution in [0.1, 0.15) is 32.7 Å². The van der Waals surface area contributed by atoms with Gasteiger partial charge < -0.3 is 5.32 Å². The minimum atomic E-state index is -0.143. The van der Waals surface area contributed by atoms with E-state index in [4.69, 9.17) is 0 Å². The number of aromatic nitrogens is 3. The smallest absolute Gasteiger partial charge is 0.261 e. The van der Waals surface area contributed by atoms with Crippen molar-refractivity contribution < 1.29 is 9.59 Å². The van der Waals surface area contributed by atoms with Gasteiger partial charge >= 0.3 is 0 Å². The van der Waals surface area contributed by atoms with E-state index in [1.165, 1.54) is 18.3 Å². The number of hydrogen-bond donors (Lipinski definition) is 1. The maximum Gasteiger partial charge on any atom is 0.261 e. The first-order chi connectivity index (χ1) is 9.16. The molecule has 0 fully saturated rings. The Morgan fingerprint density at radius 1 is 1.37 bits per heavy atom. The molecule has 0 aliphatic heterocycles. The standard InChI is InChI=1S/C12H14N4O2S/c1-9(17)10-3-4-11(19-10)12(18)13-5-2-7-16-8-6-14-15-16/h3-4,6,8H,2,5,7H2,1H3,(H,13,18). The van der Waals surface area contributed by atoms with E-state index in [0.717, 1.165) is 6.42 Å². The summed E-state index contributed by atoms with van der Waals surface area (Å²) in [6.07, 6.45) is 4.17. The van der Waals surface area contributed by atoms with E-state index >= 15 is 0 Å². The van der Waals surface area contributed by atoms with Crippen molar-refractivity contribution in [2.45, 2.75) is 19.9 Å². The molecular weight excluding hydrogens is 264 g/mol. The lowest BCUT2D eigenvalue weighted by Gasteiger charge is -2.03. The number of hydrogen-bond acceptors (Lipinski definition) is 5. The van der Waals surface area contributed by atoms with Gasteiger partial charge in [-0.05, 0) is 25.5 Å². The van der Waals surface area contributed by atoms with Crippen molar-refractivity contribution in [3.63, 3.8) is 0 Å². The van der Waals surface area contributed by atoms with E-state index < -0.39 is 0 Å². The highest BCUT2D eigenvalue weighted by Crippen LogP contribution is 2.16. The summed E-state index contributed by atoms with van der Waals surface area (Å²) < 4.78 is 1.71. The SMILES string of the molecule is CC(=O)c1ccc(C(=O)NCCCn2ccnn2)s1. The molecule has 0 aliphatic carbocycles. The molecule has 1 N–H and O–H groups in total. The number of carbonyl (C=O) groups excluding carboxylic acids is 2. The van der Waals surface area contributed by atoms with E-state index in [9.17, 15) is 9.59 Å². The van der Waals surface area contributed by atoms with Gasteiger partial charge in [-0.2, -0.15) is 0 Å². The van der Waals surface area contributed by atoms with E-state index in [0.29, 0.717) is 22.8 Å². The molecule has 7 heteroatoms. The molecule has 0 bridgehead atoms. The number of ketones is 1. The average molecular weight is 278 g/mol. The third-order valence-corrected chi connectivity index (χ3v) is 3.68. The highest BCUT2D eigenvalue weighted by Gasteiger charge is 2.10. The maximum atomic E-state index is 11.8. The molecule has 0 saturated heterocycles. The monoisotopic (exact) mass is 278 g/mol. The normalized spacial score (nSPS) is 10.4. The minimum absolute atomic E-state index is 0.0183. The van der Waals surface area contributed by atoms with E-state index in [1.54, 1.807) is 29.2 Å². The summed E-state index contributed by atoms with van der Waals surface area (Å²) in [5.74, 6) is -0.161. The summed E-state index contributed by atoms with van der Waals surface area (Å²) in [4.78, 5) is 24.1. The van der Waals surface area contributed by atoms with Gasteiger partial charge in [-0.3, -0.25) is 14.3 Å². The molecule has 0 radical (unpaired) electrons. The van der Waals surface area contributed by atoms with Crippen LogP contribution in [0.5, 0.6) is 0 Å². The maximum absolute atomic E-state index is 11.8. The summed E-state index contributed by atoms with van der Waals surface area (Å²) in [6.45, 7) is 2.76. The van der Waals surface area contributed by atoms with Crippen molar-refractivity contribution in [2.75, 3.05) is 6.54 Å². The number of nitrogens with one attached hydrogen (secondary N) is 1. The number of thiophene rings is 1. The molecular formula is C12H14N4O2S. The van der Waals surface area contributed by atoms with Crippen molar-refractivity contribution in [2.24, 2.45) is 0 Å². The zero-order valence-electron chi connectivity index (χ0n) is 10.5. The highest BCUT2D eigenvalue weighted by atomic mass is 32.1. The molecule has 0 aliphatic rings. The fourth-order valence-corrected chi connectivity index (χ4v) is 2.35. The number of aryl methyl sites for hydroxylation is 1. The zero-order chi connectivity index (χ0) is 13.7. The van der Waals surface area contributed by atoms with Crippen LogP contribution in [0.15, 0.2) is 24.5 Å². The number of rotatable bonds is 6. The number of carbonyl (C=O) groups is 2. The predicted octanol–water partition coefficient (Wildman–Crippen LogP) is 1.36. The first-order valence-electron chi connectivity index (χ1n) is 5.90. The molecule has 0 spiro atoms. The lowest BCUT2D eigenvalue weighted by atomic mass is 10.3. The van der Waals surface area contributed by atoms with Crippen molar-refractivity contribution in [1.29, 1.82) is 0 Å². The van der Waals surface area contributed by atoms with Gasteiger partial charge in [0.05, 0.1) is 16.0 Å². The molecule has 2 aromatic heterocycles. The molecule has 0 saturated carbocycles. The Bertz CT molecular complexity index is 562. The predicted molar refractivity (Wildman–Crippen MR) is 71.3 cm³/mol. The third-order valence-electron chi connectivity index (χ3n) is 2.50. The summed E-state index contributed by atoms with van der Waals surface area (Å²) in [5, 5.41) is 10.3. The highest BCUT2D eigenvalue weighted by molar-refractivity contribution is 7.15. The molecule has 0 atom stereocenters. The quantitative estimate of drug-likeness (QED) is 0.639. The van der Waals surface area contributed by atoms with Crippen molar-refractivity contribution in [1.82, 2.24) is 20.3 Å². The van der Waals surface area contributed by atoms with Crippen LogP contribution in [0.2, 0.25) is 0 Å². The van der Waals surface area contributed by atoms with Gasteiger partial charge in [-0.1, -0.05) is 5.21 Å². The van der Waals surface area contributed by atoms with Crippen LogP contribution in [0, 0.1) is 0 Å². The first kappa shape index (κ1) is 13.4. The molecule has 0 unspecified atom stereocenters. The van der Waals surface area contributed by atoms with Crippen LogP contribution in [0.25, 0.3) is 0 Å². The second-order valence-corrected chi connectivity index (χ2v) is 5.08. The summed E-state index contributed by atoms with van der Waals surface area (Å²) >= 11 is 1.22. The van der Waals surface area contributed by atoms with Crippen LogP contribution in [-0.2, 0) is 6.54 Å². The molecule has 19 heavy (non-hydrogen) atoms. The summed E-state index contributed by atoms with van der Waals surface area (Å²) in [5.41, 5.74) is 0. The fraction of sp³-hybridized carbons (Fsp3) is 0.333. The zero-order valence-corrected chi connectivity index (χ0v) is 11.3. The van der Waals surface area contributed by atoms with Gasteiger partial charge in [0, 0.05) is 19.3 Å². The van der Waals surface area contributed by atoms with Crippen LogP contribution < -0.4 is 5.32 Å². The second kappa shape index (κ2) is 6.24. The van der Waals surface area contributed by atoms with E-state index in [1.807, 2.05) is 0 Å². The fourth-order valence-electron chi connectivity index (χ4n) is 1.53. The van der Waals surface area contributed by atoms with E-state index in [2.05, 4.69) is 15.6 Å². The lowest BCUT2D eigenvalue weighted by Crippen LogP contribution is -2.24. The van der Waals surface area contributed by atoms with Crippen LogP contribution in [0.3, 0.4) is 0 Å². The lowest BCUT2D eigenvalue weighted by molar-refractivity contribution is 0.0956.